The number of ketones is 1. The van der Waals surface area contributed by atoms with E-state index >= 15 is 0 Å². The zero-order valence-corrected chi connectivity index (χ0v) is 20.8. The molecule has 0 atom stereocenters. The van der Waals surface area contributed by atoms with Gasteiger partial charge in [0.25, 0.3) is 0 Å². The third-order valence-corrected chi connectivity index (χ3v) is 6.90. The van der Waals surface area contributed by atoms with Crippen LogP contribution in [0.3, 0.4) is 0 Å². The molecule has 1 saturated carbocycles. The number of nitrogens with zero attached hydrogens (tertiary/aromatic N) is 2. The van der Waals surface area contributed by atoms with Crippen LogP contribution in [0.25, 0.3) is 0 Å². The van der Waals surface area contributed by atoms with Crippen LogP contribution in [-0.2, 0) is 14.3 Å². The second-order valence-corrected chi connectivity index (χ2v) is 9.13. The number of thioether (sulfide) groups is 1. The van der Waals surface area contributed by atoms with Gasteiger partial charge in [-0.2, -0.15) is 0 Å². The Morgan fingerprint density at radius 2 is 2.09 bits per heavy atom. The smallest absolute Gasteiger partial charge is 0.327 e. The van der Waals surface area contributed by atoms with E-state index in [1.54, 1.807) is 31.9 Å². The third-order valence-electron chi connectivity index (χ3n) is 5.96. The van der Waals surface area contributed by atoms with Crippen molar-refractivity contribution in [1.82, 2.24) is 4.90 Å². The van der Waals surface area contributed by atoms with Gasteiger partial charge in [-0.05, 0) is 62.6 Å². The summed E-state index contributed by atoms with van der Waals surface area (Å²) in [6, 6.07) is 3.82. The molecule has 1 fully saturated rings. The van der Waals surface area contributed by atoms with Crippen LogP contribution in [-0.4, -0.2) is 69.1 Å². The van der Waals surface area contributed by atoms with Crippen molar-refractivity contribution in [1.29, 1.82) is 0 Å². The minimum absolute atomic E-state index is 0.119. The molecule has 178 valence electrons. The lowest BCUT2D eigenvalue weighted by Gasteiger charge is -2.38. The highest BCUT2D eigenvalue weighted by atomic mass is 32.2. The molecule has 3 rings (SSSR count). The molecule has 0 saturated heterocycles. The Balaban J connectivity index is 1.93. The summed E-state index contributed by atoms with van der Waals surface area (Å²) in [6.07, 6.45) is 9.61. The number of allylic oxidation sites excluding steroid dienone is 3. The lowest BCUT2D eigenvalue weighted by atomic mass is 9.82. The van der Waals surface area contributed by atoms with E-state index in [0.29, 0.717) is 29.8 Å². The summed E-state index contributed by atoms with van der Waals surface area (Å²) in [6.45, 7) is 4.87. The molecule has 0 bridgehead atoms. The summed E-state index contributed by atoms with van der Waals surface area (Å²) in [7, 11) is 3.82. The molecule has 8 heteroatoms. The quantitative estimate of drug-likeness (QED) is 0.330. The average molecular weight is 472 g/mol. The summed E-state index contributed by atoms with van der Waals surface area (Å²) in [4.78, 5) is 32.4. The first-order valence-electron chi connectivity index (χ1n) is 11.2. The number of rotatable bonds is 9. The molecule has 1 aromatic carbocycles. The number of methoxy groups -OCH3 is 1. The van der Waals surface area contributed by atoms with Gasteiger partial charge >= 0.3 is 5.97 Å². The van der Waals surface area contributed by atoms with Crippen molar-refractivity contribution < 1.29 is 19.1 Å². The molecule has 0 radical (unpaired) electrons. The van der Waals surface area contributed by atoms with Gasteiger partial charge in [0.1, 0.15) is 12.4 Å². The summed E-state index contributed by atoms with van der Waals surface area (Å²) in [5, 5.41) is 3.53. The van der Waals surface area contributed by atoms with Crippen molar-refractivity contribution >= 4 is 35.4 Å². The van der Waals surface area contributed by atoms with Crippen LogP contribution in [0, 0.1) is 12.8 Å². The van der Waals surface area contributed by atoms with E-state index in [1.165, 1.54) is 6.21 Å². The standard InChI is InChI=1S/C25H33N3O4S/c1-6-32-22(29)14-26-13-18-8-10-21(28(3)15-17-11-19(12-17)31-4)27-23-20(24(18)30)9-7-16(2)25(23)33-5/h7-10,13,17,19,27H,6,11-12,14-15H2,1-5H3/b18-8+,21-10+,26-13?. The number of carbonyl (C=O) groups is 2. The molecule has 1 aromatic rings. The van der Waals surface area contributed by atoms with Crippen LogP contribution in [0.15, 0.2) is 45.6 Å². The minimum atomic E-state index is -0.416. The fourth-order valence-corrected chi connectivity index (χ4v) is 4.84. The van der Waals surface area contributed by atoms with Gasteiger partial charge in [-0.1, -0.05) is 6.07 Å². The summed E-state index contributed by atoms with van der Waals surface area (Å²) >= 11 is 1.61. The zero-order chi connectivity index (χ0) is 24.0. The maximum absolute atomic E-state index is 13.4. The number of hydrogen-bond donors (Lipinski definition) is 1. The number of esters is 1. The summed E-state index contributed by atoms with van der Waals surface area (Å²) < 4.78 is 10.3. The second kappa shape index (κ2) is 11.5. The normalized spacial score (nSPS) is 23.2. The average Bonchev–Trinajstić information content (AvgIpc) is 2.76. The van der Waals surface area contributed by atoms with Gasteiger partial charge in [-0.25, -0.2) is 0 Å². The van der Waals surface area contributed by atoms with Crippen LogP contribution in [0.2, 0.25) is 0 Å². The number of benzene rings is 1. The minimum Gasteiger partial charge on any atom is -0.465 e. The monoisotopic (exact) mass is 471 g/mol. The van der Waals surface area contributed by atoms with E-state index in [0.717, 1.165) is 41.4 Å². The van der Waals surface area contributed by atoms with Crippen LogP contribution >= 0.6 is 11.8 Å². The van der Waals surface area contributed by atoms with Gasteiger partial charge < -0.3 is 19.7 Å². The molecule has 1 aliphatic heterocycles. The zero-order valence-electron chi connectivity index (χ0n) is 20.0. The number of carbonyl (C=O) groups excluding carboxylic acids is 2. The molecule has 0 spiro atoms. The van der Waals surface area contributed by atoms with Gasteiger partial charge in [-0.15, -0.1) is 11.8 Å². The number of Topliss-reactive ketones (excluding diaryl/α,β-unsaturated/α-hetero) is 1. The predicted octanol–water partition coefficient (Wildman–Crippen LogP) is 4.08. The first kappa shape index (κ1) is 25.1. The molecular formula is C25H33N3O4S. The number of aryl methyl sites for hydroxylation is 1. The highest BCUT2D eigenvalue weighted by Crippen LogP contribution is 2.36. The van der Waals surface area contributed by atoms with Gasteiger partial charge in [-0.3, -0.25) is 14.6 Å². The molecule has 0 amide bonds. The van der Waals surface area contributed by atoms with Crippen molar-refractivity contribution in [2.45, 2.75) is 37.7 Å². The molecule has 0 aromatic heterocycles. The van der Waals surface area contributed by atoms with Crippen LogP contribution in [0.1, 0.15) is 35.7 Å². The Hall–Kier alpha value is -2.58. The van der Waals surface area contributed by atoms with Crippen LogP contribution < -0.4 is 5.32 Å². The topological polar surface area (TPSA) is 80.2 Å². The molecule has 33 heavy (non-hydrogen) atoms. The maximum atomic E-state index is 13.4. The van der Waals surface area contributed by atoms with Gasteiger partial charge in [0.15, 0.2) is 5.78 Å². The van der Waals surface area contributed by atoms with E-state index in [-0.39, 0.29) is 12.3 Å². The number of aliphatic imine (C=N–C) groups is 1. The Morgan fingerprint density at radius 3 is 2.76 bits per heavy atom. The second-order valence-electron chi connectivity index (χ2n) is 8.32. The van der Waals surface area contributed by atoms with E-state index in [2.05, 4.69) is 22.3 Å². The largest absolute Gasteiger partial charge is 0.465 e. The van der Waals surface area contributed by atoms with E-state index in [1.807, 2.05) is 31.4 Å². The molecule has 0 unspecified atom stereocenters. The lowest BCUT2D eigenvalue weighted by Crippen LogP contribution is -2.39. The first-order chi connectivity index (χ1) is 15.9. The number of anilines is 1. The number of nitrogens with one attached hydrogen (secondary N) is 1. The fraction of sp³-hybridized carbons (Fsp3) is 0.480. The SMILES string of the molecule is CCOC(=O)CN=C/C1=C\C=C(\N(C)CC2CC(OC)C2)Nc2c(ccc(C)c2SC)C1=O. The fourth-order valence-electron chi connectivity index (χ4n) is 4.08. The highest BCUT2D eigenvalue weighted by Gasteiger charge is 2.30. The first-order valence-corrected chi connectivity index (χ1v) is 12.4. The Labute approximate surface area is 200 Å². The van der Waals surface area contributed by atoms with Crippen molar-refractivity contribution in [3.05, 3.63) is 46.8 Å². The summed E-state index contributed by atoms with van der Waals surface area (Å²) in [5.41, 5.74) is 2.92. The Bertz CT molecular complexity index is 980. The van der Waals surface area contributed by atoms with Crippen LogP contribution in [0.4, 0.5) is 5.69 Å². The van der Waals surface area contributed by atoms with Crippen molar-refractivity contribution in [2.24, 2.45) is 10.9 Å². The molecule has 2 aliphatic rings. The summed E-state index contributed by atoms with van der Waals surface area (Å²) in [5.74, 6) is 0.921. The lowest BCUT2D eigenvalue weighted by molar-refractivity contribution is -0.141. The van der Waals surface area contributed by atoms with Crippen LogP contribution in [0.5, 0.6) is 0 Å². The van der Waals surface area contributed by atoms with Crippen molar-refractivity contribution in [2.75, 3.05) is 45.4 Å². The molecule has 1 aliphatic carbocycles. The third kappa shape index (κ3) is 6.06. The molecule has 7 nitrogen and oxygen atoms in total. The molecule has 1 N–H and O–H groups in total. The predicted molar refractivity (Wildman–Crippen MR) is 133 cm³/mol. The molecular weight excluding hydrogens is 438 g/mol. The Kier molecular flexibility index (Phi) is 8.74. The van der Waals surface area contributed by atoms with Gasteiger partial charge in [0, 0.05) is 42.9 Å². The highest BCUT2D eigenvalue weighted by molar-refractivity contribution is 7.98. The number of fused-ring (bicyclic) bond motifs is 1. The van der Waals surface area contributed by atoms with Crippen molar-refractivity contribution in [3.8, 4) is 0 Å². The van der Waals surface area contributed by atoms with Gasteiger partial charge in [0.05, 0.1) is 18.4 Å². The molecule has 1 heterocycles. The number of ether oxygens (including phenoxy) is 2. The van der Waals surface area contributed by atoms with Crippen molar-refractivity contribution in [3.63, 3.8) is 0 Å². The van der Waals surface area contributed by atoms with E-state index in [9.17, 15) is 9.59 Å². The Morgan fingerprint density at radius 1 is 1.33 bits per heavy atom. The number of hydrogen-bond acceptors (Lipinski definition) is 8. The van der Waals surface area contributed by atoms with E-state index in [4.69, 9.17) is 9.47 Å². The maximum Gasteiger partial charge on any atom is 0.327 e. The van der Waals surface area contributed by atoms with Gasteiger partial charge in [0.2, 0.25) is 0 Å². The van der Waals surface area contributed by atoms with E-state index < -0.39 is 5.97 Å².